The maximum Gasteiger partial charge on any atom is 0.176 e. The number of carbonyl (C=O) groups excluding carboxylic acids is 1. The van der Waals surface area contributed by atoms with Gasteiger partial charge in [0.05, 0.1) is 12.3 Å². The zero-order chi connectivity index (χ0) is 13.2. The van der Waals surface area contributed by atoms with Crippen molar-refractivity contribution in [2.75, 3.05) is 6.61 Å². The molecule has 1 aromatic heterocycles. The number of ketones is 1. The highest BCUT2D eigenvalue weighted by atomic mass is 32.1. The van der Waals surface area contributed by atoms with Crippen LogP contribution in [0.5, 0.6) is 5.75 Å². The highest BCUT2D eigenvalue weighted by Gasteiger charge is 2.15. The maximum absolute atomic E-state index is 12.0. The van der Waals surface area contributed by atoms with Crippen molar-refractivity contribution in [2.24, 2.45) is 0 Å². The summed E-state index contributed by atoms with van der Waals surface area (Å²) < 4.78 is 9.27. The number of Topliss-reactive ketones (excluding diaryl/α,β-unsaturated/α-hetero) is 1. The van der Waals surface area contributed by atoms with Crippen LogP contribution in [0.1, 0.15) is 32.9 Å². The average Bonchev–Trinajstić information content (AvgIpc) is 3.03. The van der Waals surface area contributed by atoms with E-state index < -0.39 is 0 Å². The van der Waals surface area contributed by atoms with Crippen LogP contribution in [0.25, 0.3) is 0 Å². The van der Waals surface area contributed by atoms with E-state index in [2.05, 4.69) is 15.7 Å². The Morgan fingerprint density at radius 3 is 3.16 bits per heavy atom. The second-order valence-corrected chi connectivity index (χ2v) is 5.41. The van der Waals surface area contributed by atoms with Gasteiger partial charge in [0.15, 0.2) is 5.78 Å². The standard InChI is InChI=1S/C14H14N2O2S/c1-9-14(19-16-15-9)12(17)4-2-10-3-5-13-11(8-10)6-7-18-13/h3,5,8H,2,4,6-7H2,1H3. The van der Waals surface area contributed by atoms with Crippen molar-refractivity contribution in [1.82, 2.24) is 9.59 Å². The Bertz CT molecular complexity index is 622. The molecule has 0 unspecified atom stereocenters. The highest BCUT2D eigenvalue weighted by Crippen LogP contribution is 2.26. The fraction of sp³-hybridized carbons (Fsp3) is 0.357. The van der Waals surface area contributed by atoms with Gasteiger partial charge in [0.25, 0.3) is 0 Å². The van der Waals surface area contributed by atoms with E-state index >= 15 is 0 Å². The SMILES string of the molecule is Cc1nnsc1C(=O)CCc1ccc2c(c1)CCO2. The topological polar surface area (TPSA) is 52.1 Å². The van der Waals surface area contributed by atoms with Crippen molar-refractivity contribution in [3.8, 4) is 5.75 Å². The van der Waals surface area contributed by atoms with E-state index in [1.807, 2.05) is 19.1 Å². The van der Waals surface area contributed by atoms with Gasteiger partial charge in [-0.2, -0.15) is 0 Å². The molecular weight excluding hydrogens is 260 g/mol. The first-order chi connectivity index (χ1) is 9.24. The van der Waals surface area contributed by atoms with Crippen LogP contribution in [0, 0.1) is 6.92 Å². The van der Waals surface area contributed by atoms with E-state index in [0.717, 1.165) is 30.9 Å². The summed E-state index contributed by atoms with van der Waals surface area (Å²) in [5.41, 5.74) is 3.17. The molecule has 1 aliphatic heterocycles. The van der Waals surface area contributed by atoms with Gasteiger partial charge in [0.2, 0.25) is 0 Å². The van der Waals surface area contributed by atoms with Crippen LogP contribution in [-0.4, -0.2) is 22.0 Å². The van der Waals surface area contributed by atoms with E-state index in [-0.39, 0.29) is 5.78 Å². The number of nitrogens with zero attached hydrogens (tertiary/aromatic N) is 2. The van der Waals surface area contributed by atoms with Gasteiger partial charge < -0.3 is 4.74 Å². The predicted octanol–water partition coefficient (Wildman–Crippen LogP) is 2.60. The van der Waals surface area contributed by atoms with Gasteiger partial charge in [-0.05, 0) is 42.1 Å². The van der Waals surface area contributed by atoms with Crippen LogP contribution in [0.15, 0.2) is 18.2 Å². The molecule has 0 aliphatic carbocycles. The molecule has 1 aliphatic rings. The van der Waals surface area contributed by atoms with Gasteiger partial charge in [-0.1, -0.05) is 16.6 Å². The fourth-order valence-electron chi connectivity index (χ4n) is 2.25. The Hall–Kier alpha value is -1.75. The van der Waals surface area contributed by atoms with Gasteiger partial charge in [-0.15, -0.1) is 5.10 Å². The molecule has 0 spiro atoms. The van der Waals surface area contributed by atoms with E-state index in [4.69, 9.17) is 4.74 Å². The molecule has 0 N–H and O–H groups in total. The molecule has 0 saturated carbocycles. The second-order valence-electron chi connectivity index (χ2n) is 4.65. The third-order valence-corrected chi connectivity index (χ3v) is 4.17. The van der Waals surface area contributed by atoms with Crippen LogP contribution < -0.4 is 4.74 Å². The number of benzene rings is 1. The summed E-state index contributed by atoms with van der Waals surface area (Å²) in [5.74, 6) is 1.11. The Kier molecular flexibility index (Phi) is 3.29. The normalized spacial score (nSPS) is 13.1. The van der Waals surface area contributed by atoms with Gasteiger partial charge in [0.1, 0.15) is 10.6 Å². The minimum Gasteiger partial charge on any atom is -0.493 e. The molecule has 4 nitrogen and oxygen atoms in total. The van der Waals surface area contributed by atoms with Crippen molar-refractivity contribution in [3.63, 3.8) is 0 Å². The third-order valence-electron chi connectivity index (χ3n) is 3.30. The average molecular weight is 274 g/mol. The second kappa shape index (κ2) is 5.09. The molecular formula is C14H14N2O2S. The number of aromatic nitrogens is 2. The van der Waals surface area contributed by atoms with Gasteiger partial charge in [0, 0.05) is 12.8 Å². The minimum atomic E-state index is 0.129. The Morgan fingerprint density at radius 1 is 1.47 bits per heavy atom. The number of aryl methyl sites for hydroxylation is 2. The first kappa shape index (κ1) is 12.3. The molecule has 2 aromatic rings. The number of fused-ring (bicyclic) bond motifs is 1. The quantitative estimate of drug-likeness (QED) is 0.804. The van der Waals surface area contributed by atoms with Crippen LogP contribution in [0.2, 0.25) is 0 Å². The lowest BCUT2D eigenvalue weighted by atomic mass is 10.0. The lowest BCUT2D eigenvalue weighted by Crippen LogP contribution is -2.01. The Morgan fingerprint density at radius 2 is 2.37 bits per heavy atom. The molecule has 0 amide bonds. The summed E-state index contributed by atoms with van der Waals surface area (Å²) in [5, 5.41) is 3.87. The van der Waals surface area contributed by atoms with Crippen molar-refractivity contribution >= 4 is 17.3 Å². The smallest absolute Gasteiger partial charge is 0.176 e. The number of hydrogen-bond acceptors (Lipinski definition) is 5. The van der Waals surface area contributed by atoms with Crippen molar-refractivity contribution in [1.29, 1.82) is 0 Å². The summed E-state index contributed by atoms with van der Waals surface area (Å²) in [6.45, 7) is 2.59. The lowest BCUT2D eigenvalue weighted by molar-refractivity contribution is 0.0986. The third kappa shape index (κ3) is 2.51. The molecule has 0 fully saturated rings. The van der Waals surface area contributed by atoms with Gasteiger partial charge in [-0.25, -0.2) is 0 Å². The van der Waals surface area contributed by atoms with Crippen molar-refractivity contribution in [3.05, 3.63) is 39.9 Å². The summed E-state index contributed by atoms with van der Waals surface area (Å²) in [4.78, 5) is 12.7. The molecule has 98 valence electrons. The summed E-state index contributed by atoms with van der Waals surface area (Å²) in [6, 6.07) is 6.18. The first-order valence-electron chi connectivity index (χ1n) is 6.31. The van der Waals surface area contributed by atoms with E-state index in [1.54, 1.807) is 0 Å². The van der Waals surface area contributed by atoms with E-state index in [0.29, 0.717) is 11.3 Å². The first-order valence-corrected chi connectivity index (χ1v) is 7.08. The number of ether oxygens (including phenoxy) is 1. The fourth-order valence-corrected chi connectivity index (χ4v) is 2.88. The molecule has 5 heteroatoms. The molecule has 1 aromatic carbocycles. The Labute approximate surface area is 115 Å². The largest absolute Gasteiger partial charge is 0.493 e. The van der Waals surface area contributed by atoms with Crippen molar-refractivity contribution < 1.29 is 9.53 Å². The summed E-state index contributed by atoms with van der Waals surface area (Å²) in [7, 11) is 0. The molecule has 3 rings (SSSR count). The van der Waals surface area contributed by atoms with E-state index in [1.165, 1.54) is 22.7 Å². The van der Waals surface area contributed by atoms with Crippen LogP contribution in [0.4, 0.5) is 0 Å². The summed E-state index contributed by atoms with van der Waals surface area (Å²) >= 11 is 1.18. The zero-order valence-electron chi connectivity index (χ0n) is 10.7. The molecule has 0 radical (unpaired) electrons. The zero-order valence-corrected chi connectivity index (χ0v) is 11.5. The lowest BCUT2D eigenvalue weighted by Gasteiger charge is -2.03. The van der Waals surface area contributed by atoms with Crippen molar-refractivity contribution in [2.45, 2.75) is 26.2 Å². The number of carbonyl (C=O) groups is 1. The van der Waals surface area contributed by atoms with Crippen LogP contribution >= 0.6 is 11.5 Å². The molecule has 19 heavy (non-hydrogen) atoms. The number of hydrogen-bond donors (Lipinski definition) is 0. The molecule has 0 saturated heterocycles. The predicted molar refractivity (Wildman–Crippen MR) is 72.9 cm³/mol. The molecule has 0 bridgehead atoms. The van der Waals surface area contributed by atoms with Gasteiger partial charge >= 0.3 is 0 Å². The van der Waals surface area contributed by atoms with Crippen LogP contribution in [0.3, 0.4) is 0 Å². The minimum absolute atomic E-state index is 0.129. The molecule has 2 heterocycles. The highest BCUT2D eigenvalue weighted by molar-refractivity contribution is 7.08. The maximum atomic E-state index is 12.0. The monoisotopic (exact) mass is 274 g/mol. The molecule has 0 atom stereocenters. The van der Waals surface area contributed by atoms with Crippen LogP contribution in [-0.2, 0) is 12.8 Å². The van der Waals surface area contributed by atoms with Gasteiger partial charge in [-0.3, -0.25) is 4.79 Å². The Balaban J connectivity index is 1.66. The van der Waals surface area contributed by atoms with E-state index in [9.17, 15) is 4.79 Å². The summed E-state index contributed by atoms with van der Waals surface area (Å²) in [6.07, 6.45) is 2.23. The number of rotatable bonds is 4.